The molecule has 0 saturated heterocycles. The maximum absolute atomic E-state index is 14.4. The van der Waals surface area contributed by atoms with Gasteiger partial charge in [-0.2, -0.15) is 0 Å². The molecule has 1 aromatic carbocycles. The topological polar surface area (TPSA) is 69.6 Å². The van der Waals surface area contributed by atoms with E-state index in [1.54, 1.807) is 12.1 Å². The molecular weight excluding hydrogens is 351 g/mol. The van der Waals surface area contributed by atoms with Crippen LogP contribution in [0, 0.1) is 5.82 Å². The van der Waals surface area contributed by atoms with E-state index in [0.717, 1.165) is 5.56 Å². The highest BCUT2D eigenvalue weighted by Crippen LogP contribution is 2.26. The smallest absolute Gasteiger partial charge is 0.342 e. The molecule has 0 radical (unpaired) electrons. The van der Waals surface area contributed by atoms with E-state index in [2.05, 4.69) is 5.32 Å². The van der Waals surface area contributed by atoms with E-state index in [0.29, 0.717) is 18.6 Å². The average Bonchev–Trinajstić information content (AvgIpc) is 2.66. The summed E-state index contributed by atoms with van der Waals surface area (Å²) in [6.07, 6.45) is 3.58. The Morgan fingerprint density at radius 1 is 1.30 bits per heavy atom. The molecule has 0 fully saturated rings. The Morgan fingerprint density at radius 3 is 2.63 bits per heavy atom. The molecule has 7 heteroatoms. The Bertz CT molecular complexity index is 919. The molecule has 0 saturated carbocycles. The van der Waals surface area contributed by atoms with Crippen LogP contribution in [-0.2, 0) is 22.9 Å². The number of anilines is 2. The van der Waals surface area contributed by atoms with Gasteiger partial charge in [-0.3, -0.25) is 9.36 Å². The number of carbonyl (C=O) groups excluding carboxylic acids is 1. The molecule has 0 amide bonds. The first kappa shape index (κ1) is 20.2. The molecule has 0 aliphatic rings. The first-order valence-electron chi connectivity index (χ1n) is 8.58. The highest BCUT2D eigenvalue weighted by Gasteiger charge is 2.21. The van der Waals surface area contributed by atoms with Crippen LogP contribution in [0.3, 0.4) is 0 Å². The number of aromatic nitrogens is 1. The summed E-state index contributed by atoms with van der Waals surface area (Å²) >= 11 is 0. The number of hydrogen-bond donors (Lipinski definition) is 1. The van der Waals surface area contributed by atoms with Crippen LogP contribution in [0.2, 0.25) is 0 Å². The molecule has 0 unspecified atom stereocenters. The van der Waals surface area contributed by atoms with Gasteiger partial charge < -0.3 is 14.8 Å². The zero-order chi connectivity index (χ0) is 20.0. The van der Waals surface area contributed by atoms with Gasteiger partial charge in [0.1, 0.15) is 17.2 Å². The van der Waals surface area contributed by atoms with E-state index >= 15 is 0 Å². The van der Waals surface area contributed by atoms with Crippen molar-refractivity contribution >= 4 is 23.6 Å². The third kappa shape index (κ3) is 4.55. The molecule has 1 N–H and O–H groups in total. The number of rotatable bonds is 7. The molecule has 27 heavy (non-hydrogen) atoms. The van der Waals surface area contributed by atoms with Crippen LogP contribution in [-0.4, -0.2) is 24.3 Å². The van der Waals surface area contributed by atoms with Gasteiger partial charge in [-0.25, -0.2) is 9.18 Å². The number of ether oxygens (including phenoxy) is 2. The van der Waals surface area contributed by atoms with Crippen LogP contribution in [0.25, 0.3) is 6.08 Å². The first-order chi connectivity index (χ1) is 12.9. The summed E-state index contributed by atoms with van der Waals surface area (Å²) in [5.41, 5.74) is 1.04. The van der Waals surface area contributed by atoms with Gasteiger partial charge in [-0.1, -0.05) is 13.0 Å². The van der Waals surface area contributed by atoms with Crippen molar-refractivity contribution in [1.82, 2.24) is 4.57 Å². The van der Waals surface area contributed by atoms with Crippen molar-refractivity contribution < 1.29 is 18.7 Å². The zero-order valence-corrected chi connectivity index (χ0v) is 15.8. The number of nitrogens with zero attached hydrogens (tertiary/aromatic N) is 1. The minimum Gasteiger partial charge on any atom is -0.501 e. The molecule has 6 nitrogen and oxygen atoms in total. The molecule has 0 spiro atoms. The lowest BCUT2D eigenvalue weighted by Gasteiger charge is -2.17. The van der Waals surface area contributed by atoms with E-state index in [4.69, 9.17) is 9.47 Å². The molecule has 1 aromatic heterocycles. The number of carbonyl (C=O) groups is 1. The molecule has 0 bridgehead atoms. The minimum atomic E-state index is -0.658. The largest absolute Gasteiger partial charge is 0.501 e. The fraction of sp³-hybridized carbons (Fsp3) is 0.300. The highest BCUT2D eigenvalue weighted by atomic mass is 19.1. The third-order valence-corrected chi connectivity index (χ3v) is 4.07. The summed E-state index contributed by atoms with van der Waals surface area (Å²) in [7, 11) is 2.73. The normalized spacial score (nSPS) is 10.9. The van der Waals surface area contributed by atoms with Gasteiger partial charge in [0.05, 0.1) is 25.7 Å². The number of benzene rings is 1. The van der Waals surface area contributed by atoms with Gasteiger partial charge in [-0.05, 0) is 37.1 Å². The van der Waals surface area contributed by atoms with Crippen LogP contribution in [0.15, 0.2) is 35.3 Å². The minimum absolute atomic E-state index is 0.106. The number of halogens is 1. The fourth-order valence-electron chi connectivity index (χ4n) is 2.54. The predicted octanol–water partition coefficient (Wildman–Crippen LogP) is 3.62. The van der Waals surface area contributed by atoms with Crippen molar-refractivity contribution in [3.8, 4) is 0 Å². The Labute approximate surface area is 157 Å². The van der Waals surface area contributed by atoms with Gasteiger partial charge >= 0.3 is 5.97 Å². The standard InChI is InChI=1S/C20H23FN2O4/c1-5-13-7-8-16(15(21)11-13)22-19-18(20(25)26-4)14(9-10-27-6-2)12-17(24)23(19)3/h7-12,22H,5-6H2,1-4H3/b10-9-. The summed E-state index contributed by atoms with van der Waals surface area (Å²) < 4.78 is 25.7. The number of pyridine rings is 1. The Hall–Kier alpha value is -3.09. The SMILES string of the molecule is CCO/C=C\c1cc(=O)n(C)c(Nc2ccc(CC)cc2F)c1C(=O)OC. The van der Waals surface area contributed by atoms with Gasteiger partial charge in [0.25, 0.3) is 5.56 Å². The summed E-state index contributed by atoms with van der Waals surface area (Å²) in [5.74, 6) is -1.00. The van der Waals surface area contributed by atoms with Crippen molar-refractivity contribution in [3.63, 3.8) is 0 Å². The van der Waals surface area contributed by atoms with Crippen molar-refractivity contribution in [1.29, 1.82) is 0 Å². The van der Waals surface area contributed by atoms with Crippen LogP contribution < -0.4 is 10.9 Å². The van der Waals surface area contributed by atoms with Crippen molar-refractivity contribution in [3.05, 3.63) is 63.4 Å². The monoisotopic (exact) mass is 374 g/mol. The van der Waals surface area contributed by atoms with Crippen LogP contribution >= 0.6 is 0 Å². The average molecular weight is 374 g/mol. The lowest BCUT2D eigenvalue weighted by molar-refractivity contribution is 0.0601. The quantitative estimate of drug-likeness (QED) is 0.592. The summed E-state index contributed by atoms with van der Waals surface area (Å²) in [6, 6.07) is 6.06. The highest BCUT2D eigenvalue weighted by molar-refractivity contribution is 5.99. The fourth-order valence-corrected chi connectivity index (χ4v) is 2.54. The van der Waals surface area contributed by atoms with Gasteiger partial charge in [0, 0.05) is 18.7 Å². The molecule has 144 valence electrons. The van der Waals surface area contributed by atoms with Gasteiger partial charge in [-0.15, -0.1) is 0 Å². The van der Waals surface area contributed by atoms with Gasteiger partial charge in [0.15, 0.2) is 0 Å². The second-order valence-corrected chi connectivity index (χ2v) is 5.76. The number of aryl methyl sites for hydroxylation is 1. The second-order valence-electron chi connectivity index (χ2n) is 5.76. The van der Waals surface area contributed by atoms with Gasteiger partial charge in [0.2, 0.25) is 0 Å². The maximum atomic E-state index is 14.4. The molecule has 0 aliphatic carbocycles. The van der Waals surface area contributed by atoms with Crippen molar-refractivity contribution in [2.24, 2.45) is 7.05 Å². The number of esters is 1. The van der Waals surface area contributed by atoms with Crippen LogP contribution in [0.1, 0.15) is 35.3 Å². The summed E-state index contributed by atoms with van der Waals surface area (Å²) in [6.45, 7) is 4.18. The van der Waals surface area contributed by atoms with E-state index in [1.165, 1.54) is 43.2 Å². The predicted molar refractivity (Wildman–Crippen MR) is 103 cm³/mol. The summed E-state index contributed by atoms with van der Waals surface area (Å²) in [5, 5.41) is 2.86. The zero-order valence-electron chi connectivity index (χ0n) is 15.8. The molecule has 2 aromatic rings. The lowest BCUT2D eigenvalue weighted by atomic mass is 10.1. The number of methoxy groups -OCH3 is 1. The number of nitrogens with one attached hydrogen (secondary N) is 1. The first-order valence-corrected chi connectivity index (χ1v) is 8.58. The van der Waals surface area contributed by atoms with E-state index in [-0.39, 0.29) is 22.6 Å². The lowest BCUT2D eigenvalue weighted by Crippen LogP contribution is -2.24. The molecule has 0 aliphatic heterocycles. The van der Waals surface area contributed by atoms with Crippen LogP contribution in [0.4, 0.5) is 15.9 Å². The summed E-state index contributed by atoms with van der Waals surface area (Å²) in [4.78, 5) is 24.7. The van der Waals surface area contributed by atoms with E-state index in [1.807, 2.05) is 13.8 Å². The third-order valence-electron chi connectivity index (χ3n) is 4.07. The maximum Gasteiger partial charge on any atom is 0.342 e. The van der Waals surface area contributed by atoms with Crippen LogP contribution in [0.5, 0.6) is 0 Å². The molecule has 0 atom stereocenters. The van der Waals surface area contributed by atoms with E-state index in [9.17, 15) is 14.0 Å². The Morgan fingerprint density at radius 2 is 2.04 bits per heavy atom. The Balaban J connectivity index is 2.62. The molecule has 1 heterocycles. The molecule has 2 rings (SSSR count). The van der Waals surface area contributed by atoms with Crippen molar-refractivity contribution in [2.75, 3.05) is 19.0 Å². The number of hydrogen-bond acceptors (Lipinski definition) is 5. The Kier molecular flexibility index (Phi) is 6.76. The van der Waals surface area contributed by atoms with Crippen molar-refractivity contribution in [2.45, 2.75) is 20.3 Å². The van der Waals surface area contributed by atoms with E-state index < -0.39 is 11.8 Å². The molecular formula is C20H23FN2O4. The second kappa shape index (κ2) is 9.02.